The van der Waals surface area contributed by atoms with Gasteiger partial charge in [0.25, 0.3) is 5.78 Å². The van der Waals surface area contributed by atoms with Crippen molar-refractivity contribution < 1.29 is 0 Å². The van der Waals surface area contributed by atoms with Crippen molar-refractivity contribution >= 4 is 11.6 Å². The number of aryl methyl sites for hydroxylation is 3. The molecule has 2 fully saturated rings. The molecule has 0 amide bonds. The molecule has 0 aliphatic carbocycles. The lowest BCUT2D eigenvalue weighted by atomic mass is 9.96. The lowest BCUT2D eigenvalue weighted by molar-refractivity contribution is 0.1000. The molecule has 3 aromatic heterocycles. The second-order valence-electron chi connectivity index (χ2n) is 11.5. The van der Waals surface area contributed by atoms with Crippen LogP contribution in [0.5, 0.6) is 0 Å². The fourth-order valence-corrected chi connectivity index (χ4v) is 6.04. The van der Waals surface area contributed by atoms with Crippen LogP contribution in [0.1, 0.15) is 41.7 Å². The van der Waals surface area contributed by atoms with E-state index < -0.39 is 0 Å². The second kappa shape index (κ2) is 10.6. The van der Waals surface area contributed by atoms with Gasteiger partial charge < -0.3 is 9.80 Å². The first-order valence-electron chi connectivity index (χ1n) is 14.1. The number of likely N-dealkylation sites (N-methyl/N-ethyl adjacent to an activating group) is 1. The summed E-state index contributed by atoms with van der Waals surface area (Å²) in [5.74, 6) is 2.95. The summed E-state index contributed by atoms with van der Waals surface area (Å²) in [6.45, 7) is 14.8. The van der Waals surface area contributed by atoms with Crippen molar-refractivity contribution in [2.75, 3.05) is 44.7 Å². The first-order valence-corrected chi connectivity index (χ1v) is 14.1. The van der Waals surface area contributed by atoms with Crippen LogP contribution < -0.4 is 4.90 Å². The van der Waals surface area contributed by atoms with E-state index in [9.17, 15) is 0 Å². The molecule has 6 rings (SSSR count). The lowest BCUT2D eigenvalue weighted by Crippen LogP contribution is -2.49. The van der Waals surface area contributed by atoms with Gasteiger partial charge in [-0.1, -0.05) is 24.3 Å². The number of nitrogens with zero attached hydrogens (tertiary/aromatic N) is 9. The van der Waals surface area contributed by atoms with E-state index in [4.69, 9.17) is 15.0 Å². The Morgan fingerprint density at radius 1 is 0.923 bits per heavy atom. The van der Waals surface area contributed by atoms with E-state index in [1.54, 1.807) is 0 Å². The standard InChI is InChI=1S/C30H39N9/c1-20-17-37(13-12-36(20)5)18-24-6-8-26(9-7-24)28-15-32-29(16-31-28)38-11-10-25(19-38)14-27-21(2)33-30-34-23(4)35-39(30)22(27)3/h6-9,15-16,20,25H,10-14,17-19H2,1-5H3. The highest BCUT2D eigenvalue weighted by Gasteiger charge is 2.26. The molecule has 0 saturated carbocycles. The van der Waals surface area contributed by atoms with E-state index in [1.165, 1.54) is 11.1 Å². The van der Waals surface area contributed by atoms with Crippen LogP contribution in [-0.4, -0.2) is 85.2 Å². The molecular formula is C30H39N9. The number of hydrogen-bond acceptors (Lipinski definition) is 8. The van der Waals surface area contributed by atoms with Gasteiger partial charge in [0.2, 0.25) is 0 Å². The molecule has 2 saturated heterocycles. The van der Waals surface area contributed by atoms with Crippen LogP contribution in [0.15, 0.2) is 36.7 Å². The quantitative estimate of drug-likeness (QED) is 0.377. The number of anilines is 1. The lowest BCUT2D eigenvalue weighted by Gasteiger charge is -2.37. The molecule has 1 aromatic carbocycles. The summed E-state index contributed by atoms with van der Waals surface area (Å²) in [7, 11) is 2.21. The number of rotatable bonds is 6. The Kier molecular flexibility index (Phi) is 7.03. The highest BCUT2D eigenvalue weighted by atomic mass is 15.3. The van der Waals surface area contributed by atoms with Gasteiger partial charge in [-0.3, -0.25) is 9.88 Å². The Morgan fingerprint density at radius 3 is 2.49 bits per heavy atom. The monoisotopic (exact) mass is 525 g/mol. The van der Waals surface area contributed by atoms with Gasteiger partial charge in [0.15, 0.2) is 0 Å². The zero-order chi connectivity index (χ0) is 27.1. The SMILES string of the molecule is Cc1nc2nc(C)c(CC3CCN(c4cnc(-c5ccc(CN6CCN(C)C(C)C6)cc5)cn4)C3)c(C)n2n1. The summed E-state index contributed by atoms with van der Waals surface area (Å²) in [5.41, 5.74) is 6.86. The molecule has 0 radical (unpaired) electrons. The zero-order valence-electron chi connectivity index (χ0n) is 23.8. The van der Waals surface area contributed by atoms with E-state index in [0.29, 0.717) is 17.7 Å². The molecule has 204 valence electrons. The summed E-state index contributed by atoms with van der Waals surface area (Å²) in [5, 5.41) is 4.53. The topological polar surface area (TPSA) is 78.6 Å². The Bertz CT molecular complexity index is 1440. The number of benzene rings is 1. The maximum atomic E-state index is 4.80. The predicted molar refractivity (Wildman–Crippen MR) is 154 cm³/mol. The van der Waals surface area contributed by atoms with Crippen molar-refractivity contribution in [3.8, 4) is 11.3 Å². The third kappa shape index (κ3) is 5.38. The normalized spacial score (nSPS) is 20.8. The van der Waals surface area contributed by atoms with E-state index in [2.05, 4.69) is 76.9 Å². The van der Waals surface area contributed by atoms with Gasteiger partial charge in [-0.2, -0.15) is 10.1 Å². The molecule has 5 heterocycles. The predicted octanol–water partition coefficient (Wildman–Crippen LogP) is 3.71. The van der Waals surface area contributed by atoms with E-state index in [0.717, 1.165) is 86.4 Å². The molecule has 39 heavy (non-hydrogen) atoms. The molecule has 2 aliphatic rings. The molecule has 9 nitrogen and oxygen atoms in total. The van der Waals surface area contributed by atoms with Crippen LogP contribution in [0.2, 0.25) is 0 Å². The Morgan fingerprint density at radius 2 is 1.74 bits per heavy atom. The van der Waals surface area contributed by atoms with Crippen molar-refractivity contribution in [2.24, 2.45) is 5.92 Å². The molecule has 4 aromatic rings. The molecule has 0 spiro atoms. The van der Waals surface area contributed by atoms with Gasteiger partial charge in [0, 0.05) is 62.3 Å². The van der Waals surface area contributed by atoms with Crippen molar-refractivity contribution in [2.45, 2.75) is 53.1 Å². The third-order valence-corrected chi connectivity index (χ3v) is 8.60. The van der Waals surface area contributed by atoms with Gasteiger partial charge in [0.05, 0.1) is 18.1 Å². The largest absolute Gasteiger partial charge is 0.355 e. The van der Waals surface area contributed by atoms with Crippen LogP contribution in [-0.2, 0) is 13.0 Å². The summed E-state index contributed by atoms with van der Waals surface area (Å²) in [6.07, 6.45) is 5.96. The van der Waals surface area contributed by atoms with Gasteiger partial charge in [-0.05, 0) is 64.6 Å². The van der Waals surface area contributed by atoms with Crippen molar-refractivity contribution in [1.29, 1.82) is 0 Å². The maximum absolute atomic E-state index is 4.80. The summed E-state index contributed by atoms with van der Waals surface area (Å²) in [6, 6.07) is 9.43. The van der Waals surface area contributed by atoms with Crippen molar-refractivity contribution in [1.82, 2.24) is 39.3 Å². The minimum Gasteiger partial charge on any atom is -0.355 e. The molecule has 2 unspecified atom stereocenters. The molecular weight excluding hydrogens is 486 g/mol. The minimum absolute atomic E-state index is 0.545. The van der Waals surface area contributed by atoms with Crippen molar-refractivity contribution in [3.63, 3.8) is 0 Å². The van der Waals surface area contributed by atoms with E-state index >= 15 is 0 Å². The van der Waals surface area contributed by atoms with E-state index in [1.807, 2.05) is 23.8 Å². The van der Waals surface area contributed by atoms with Gasteiger partial charge in [-0.25, -0.2) is 14.5 Å². The number of aromatic nitrogens is 6. The molecule has 2 atom stereocenters. The van der Waals surface area contributed by atoms with Gasteiger partial charge in [-0.15, -0.1) is 0 Å². The number of fused-ring (bicyclic) bond motifs is 1. The van der Waals surface area contributed by atoms with E-state index in [-0.39, 0.29) is 0 Å². The van der Waals surface area contributed by atoms with Crippen LogP contribution in [0, 0.1) is 26.7 Å². The van der Waals surface area contributed by atoms with Gasteiger partial charge in [0.1, 0.15) is 11.6 Å². The summed E-state index contributed by atoms with van der Waals surface area (Å²) >= 11 is 0. The van der Waals surface area contributed by atoms with Crippen LogP contribution in [0.4, 0.5) is 5.82 Å². The zero-order valence-corrected chi connectivity index (χ0v) is 23.8. The average molecular weight is 526 g/mol. The van der Waals surface area contributed by atoms with Crippen LogP contribution in [0.25, 0.3) is 17.0 Å². The first kappa shape index (κ1) is 25.8. The van der Waals surface area contributed by atoms with Crippen LogP contribution >= 0.6 is 0 Å². The Labute approximate surface area is 230 Å². The first-order chi connectivity index (χ1) is 18.8. The third-order valence-electron chi connectivity index (χ3n) is 8.60. The Hall–Kier alpha value is -3.43. The summed E-state index contributed by atoms with van der Waals surface area (Å²) in [4.78, 5) is 26.1. The molecule has 0 bridgehead atoms. The van der Waals surface area contributed by atoms with Gasteiger partial charge >= 0.3 is 0 Å². The highest BCUT2D eigenvalue weighted by molar-refractivity contribution is 5.59. The Balaban J connectivity index is 1.07. The number of piperazine rings is 1. The second-order valence-corrected chi connectivity index (χ2v) is 11.5. The maximum Gasteiger partial charge on any atom is 0.252 e. The average Bonchev–Trinajstić information content (AvgIpc) is 3.55. The summed E-state index contributed by atoms with van der Waals surface area (Å²) < 4.78 is 1.88. The molecule has 2 aliphatic heterocycles. The fourth-order valence-electron chi connectivity index (χ4n) is 6.04. The number of hydrogen-bond donors (Lipinski definition) is 0. The van der Waals surface area contributed by atoms with Crippen molar-refractivity contribution in [3.05, 3.63) is 65.0 Å². The highest BCUT2D eigenvalue weighted by Crippen LogP contribution is 2.28. The minimum atomic E-state index is 0.545. The molecule has 9 heteroatoms. The van der Waals surface area contributed by atoms with Crippen LogP contribution in [0.3, 0.4) is 0 Å². The smallest absolute Gasteiger partial charge is 0.252 e. The molecule has 0 N–H and O–H groups in total. The fraction of sp³-hybridized carbons (Fsp3) is 0.500.